The molecule has 0 aliphatic carbocycles. The van der Waals surface area contributed by atoms with E-state index in [-0.39, 0.29) is 12.5 Å². The van der Waals surface area contributed by atoms with Crippen LogP contribution in [0.5, 0.6) is 0 Å². The minimum Gasteiger partial charge on any atom is -0.358 e. The van der Waals surface area contributed by atoms with E-state index in [0.29, 0.717) is 5.96 Å². The van der Waals surface area contributed by atoms with E-state index in [9.17, 15) is 4.79 Å². The summed E-state index contributed by atoms with van der Waals surface area (Å²) in [5, 5.41) is 8.92. The summed E-state index contributed by atoms with van der Waals surface area (Å²) in [6.45, 7) is 0.255. The largest absolute Gasteiger partial charge is 0.358 e. The standard InChI is InChI=1S/C4H8N4O/c1-5-4-7-3(9)2-6-8-4/h6H,2H2,1H3,(H2,5,7,8,9). The molecule has 0 saturated carbocycles. The molecule has 0 spiro atoms. The normalized spacial score (nSPS) is 17.4. The van der Waals surface area contributed by atoms with Crippen LogP contribution in [0.4, 0.5) is 0 Å². The van der Waals surface area contributed by atoms with Crippen molar-refractivity contribution < 1.29 is 4.79 Å². The predicted molar refractivity (Wildman–Crippen MR) is 32.6 cm³/mol. The highest BCUT2D eigenvalue weighted by molar-refractivity contribution is 5.99. The summed E-state index contributed by atoms with van der Waals surface area (Å²) < 4.78 is 0. The number of hydrogen-bond donors (Lipinski definition) is 3. The molecular weight excluding hydrogens is 120 g/mol. The number of carbonyl (C=O) groups is 1. The van der Waals surface area contributed by atoms with E-state index in [1.165, 1.54) is 0 Å². The topological polar surface area (TPSA) is 65.5 Å². The van der Waals surface area contributed by atoms with Crippen LogP contribution in [0.15, 0.2) is 5.10 Å². The molecule has 0 bridgehead atoms. The van der Waals surface area contributed by atoms with Gasteiger partial charge in [0.1, 0.15) is 6.54 Å². The van der Waals surface area contributed by atoms with Crippen LogP contribution in [0, 0.1) is 0 Å². The van der Waals surface area contributed by atoms with Crippen LogP contribution in [-0.4, -0.2) is 25.5 Å². The lowest BCUT2D eigenvalue weighted by molar-refractivity contribution is -0.119. The number of carbonyl (C=O) groups excluding carboxylic acids is 1. The van der Waals surface area contributed by atoms with E-state index in [2.05, 4.69) is 21.2 Å². The van der Waals surface area contributed by atoms with Crippen LogP contribution in [0.3, 0.4) is 0 Å². The number of guanidine groups is 1. The summed E-state index contributed by atoms with van der Waals surface area (Å²) in [6.07, 6.45) is 0. The van der Waals surface area contributed by atoms with Gasteiger partial charge in [0, 0.05) is 7.05 Å². The molecule has 5 heteroatoms. The van der Waals surface area contributed by atoms with Gasteiger partial charge in [0.05, 0.1) is 0 Å². The zero-order valence-corrected chi connectivity index (χ0v) is 5.06. The first-order valence-corrected chi connectivity index (χ1v) is 2.61. The van der Waals surface area contributed by atoms with E-state index in [4.69, 9.17) is 0 Å². The maximum atomic E-state index is 10.5. The van der Waals surface area contributed by atoms with Gasteiger partial charge in [0.25, 0.3) is 0 Å². The van der Waals surface area contributed by atoms with E-state index in [1.807, 2.05) is 0 Å². The van der Waals surface area contributed by atoms with Gasteiger partial charge < -0.3 is 5.32 Å². The Kier molecular flexibility index (Phi) is 1.53. The number of amides is 1. The Morgan fingerprint density at radius 1 is 1.78 bits per heavy atom. The SMILES string of the molecule is CNC1=NNCC(=O)N1. The third-order valence-corrected chi connectivity index (χ3v) is 0.925. The van der Waals surface area contributed by atoms with Crippen molar-refractivity contribution in [3.63, 3.8) is 0 Å². The van der Waals surface area contributed by atoms with E-state index in [0.717, 1.165) is 0 Å². The number of nitrogens with one attached hydrogen (secondary N) is 3. The summed E-state index contributed by atoms with van der Waals surface area (Å²) in [7, 11) is 1.69. The molecule has 0 saturated heterocycles. The van der Waals surface area contributed by atoms with Crippen LogP contribution in [0.25, 0.3) is 0 Å². The van der Waals surface area contributed by atoms with Crippen LogP contribution in [-0.2, 0) is 4.79 Å². The maximum absolute atomic E-state index is 10.5. The van der Waals surface area contributed by atoms with Crippen LogP contribution < -0.4 is 16.1 Å². The second-order valence-corrected chi connectivity index (χ2v) is 1.59. The van der Waals surface area contributed by atoms with Crippen molar-refractivity contribution in [3.8, 4) is 0 Å². The lowest BCUT2D eigenvalue weighted by atomic mass is 10.6. The molecule has 0 radical (unpaired) electrons. The highest BCUT2D eigenvalue weighted by Gasteiger charge is 2.07. The van der Waals surface area contributed by atoms with Crippen molar-refractivity contribution in [1.82, 2.24) is 16.1 Å². The Morgan fingerprint density at radius 2 is 2.56 bits per heavy atom. The molecular formula is C4H8N4O. The molecule has 1 amide bonds. The predicted octanol–water partition coefficient (Wildman–Crippen LogP) is -1.80. The first kappa shape index (κ1) is 5.87. The second kappa shape index (κ2) is 2.34. The lowest BCUT2D eigenvalue weighted by Gasteiger charge is -2.12. The Morgan fingerprint density at radius 3 is 3.00 bits per heavy atom. The van der Waals surface area contributed by atoms with E-state index in [1.54, 1.807) is 7.05 Å². The first-order valence-electron chi connectivity index (χ1n) is 2.61. The molecule has 0 aromatic rings. The molecule has 0 atom stereocenters. The number of rotatable bonds is 0. The summed E-state index contributed by atoms with van der Waals surface area (Å²) in [4.78, 5) is 10.5. The van der Waals surface area contributed by atoms with Gasteiger partial charge in [-0.25, -0.2) is 0 Å². The van der Waals surface area contributed by atoms with Crippen LogP contribution in [0.1, 0.15) is 0 Å². The minimum absolute atomic E-state index is 0.0747. The maximum Gasteiger partial charge on any atom is 0.247 e. The highest BCUT2D eigenvalue weighted by Crippen LogP contribution is 1.73. The molecule has 1 heterocycles. The van der Waals surface area contributed by atoms with Crippen molar-refractivity contribution >= 4 is 11.9 Å². The van der Waals surface area contributed by atoms with Crippen LogP contribution >= 0.6 is 0 Å². The summed E-state index contributed by atoms with van der Waals surface area (Å²) in [6, 6.07) is 0. The minimum atomic E-state index is -0.0747. The molecule has 1 aliphatic heterocycles. The Bertz CT molecular complexity index is 153. The summed E-state index contributed by atoms with van der Waals surface area (Å²) in [5.41, 5.74) is 2.55. The number of hydrazone groups is 1. The smallest absolute Gasteiger partial charge is 0.247 e. The zero-order chi connectivity index (χ0) is 6.69. The molecule has 1 rings (SSSR count). The quantitative estimate of drug-likeness (QED) is 0.360. The van der Waals surface area contributed by atoms with Crippen LogP contribution in [0.2, 0.25) is 0 Å². The molecule has 50 valence electrons. The summed E-state index contributed by atoms with van der Waals surface area (Å²) in [5.74, 6) is 0.389. The fraction of sp³-hybridized carbons (Fsp3) is 0.500. The van der Waals surface area contributed by atoms with Gasteiger partial charge in [-0.1, -0.05) is 0 Å². The van der Waals surface area contributed by atoms with Gasteiger partial charge in [-0.15, -0.1) is 5.10 Å². The van der Waals surface area contributed by atoms with Crippen molar-refractivity contribution in [2.75, 3.05) is 13.6 Å². The molecule has 9 heavy (non-hydrogen) atoms. The molecule has 0 unspecified atom stereocenters. The molecule has 5 nitrogen and oxygen atoms in total. The van der Waals surface area contributed by atoms with Crippen molar-refractivity contribution in [2.24, 2.45) is 5.10 Å². The highest BCUT2D eigenvalue weighted by atomic mass is 16.2. The first-order chi connectivity index (χ1) is 4.33. The number of nitrogens with zero attached hydrogens (tertiary/aromatic N) is 1. The van der Waals surface area contributed by atoms with Gasteiger partial charge in [0.2, 0.25) is 11.9 Å². The average Bonchev–Trinajstić information content (AvgIpc) is 1.88. The fourth-order valence-corrected chi connectivity index (χ4v) is 0.513. The van der Waals surface area contributed by atoms with E-state index < -0.39 is 0 Å². The molecule has 3 N–H and O–H groups in total. The number of hydrogen-bond acceptors (Lipinski definition) is 4. The van der Waals surface area contributed by atoms with Crippen molar-refractivity contribution in [1.29, 1.82) is 0 Å². The molecule has 0 aromatic carbocycles. The van der Waals surface area contributed by atoms with Gasteiger partial charge in [-0.2, -0.15) is 0 Å². The van der Waals surface area contributed by atoms with Gasteiger partial charge in [-0.3, -0.25) is 15.5 Å². The van der Waals surface area contributed by atoms with E-state index >= 15 is 0 Å². The van der Waals surface area contributed by atoms with Gasteiger partial charge in [-0.05, 0) is 0 Å². The molecule has 0 aromatic heterocycles. The van der Waals surface area contributed by atoms with Gasteiger partial charge >= 0.3 is 0 Å². The van der Waals surface area contributed by atoms with Gasteiger partial charge in [0.15, 0.2) is 0 Å². The molecule has 0 fully saturated rings. The average molecular weight is 128 g/mol. The monoisotopic (exact) mass is 128 g/mol. The Balaban J connectivity index is 2.53. The zero-order valence-electron chi connectivity index (χ0n) is 5.06. The second-order valence-electron chi connectivity index (χ2n) is 1.59. The molecule has 1 aliphatic rings. The summed E-state index contributed by atoms with van der Waals surface area (Å²) >= 11 is 0. The van der Waals surface area contributed by atoms with Crippen molar-refractivity contribution in [2.45, 2.75) is 0 Å². The fourth-order valence-electron chi connectivity index (χ4n) is 0.513. The third-order valence-electron chi connectivity index (χ3n) is 0.925. The lowest BCUT2D eigenvalue weighted by Crippen LogP contribution is -2.47. The Hall–Kier alpha value is -1.26. The third kappa shape index (κ3) is 1.31. The van der Waals surface area contributed by atoms with Crippen molar-refractivity contribution in [3.05, 3.63) is 0 Å². The Labute approximate surface area is 52.5 Å².